The van der Waals surface area contributed by atoms with Gasteiger partial charge in [0.15, 0.2) is 0 Å². The molecule has 0 saturated carbocycles. The van der Waals surface area contributed by atoms with Crippen LogP contribution in [0.3, 0.4) is 0 Å². The van der Waals surface area contributed by atoms with Crippen molar-refractivity contribution < 1.29 is 4.74 Å². The van der Waals surface area contributed by atoms with Crippen LogP contribution in [0.5, 0.6) is 0 Å². The fourth-order valence-corrected chi connectivity index (χ4v) is 2.91. The molecule has 3 heteroatoms. The van der Waals surface area contributed by atoms with E-state index in [0.717, 1.165) is 39.0 Å². The molecule has 1 heterocycles. The van der Waals surface area contributed by atoms with E-state index in [-0.39, 0.29) is 0 Å². The maximum Gasteiger partial charge on any atom is 0.0480 e. The van der Waals surface area contributed by atoms with Crippen LogP contribution < -0.4 is 5.32 Å². The van der Waals surface area contributed by atoms with Crippen LogP contribution >= 0.6 is 0 Å². The first-order valence-corrected chi connectivity index (χ1v) is 7.78. The molecule has 1 N–H and O–H groups in total. The summed E-state index contributed by atoms with van der Waals surface area (Å²) >= 11 is 0. The standard InChI is InChI=1S/C17H28N2O/c1-4-14-5-7-15(8-6-14)17(18-2)13-19(3)16-9-11-20-12-10-16/h5-8,16-18H,4,9-13H2,1-3H3. The van der Waals surface area contributed by atoms with Gasteiger partial charge in [0.2, 0.25) is 0 Å². The second kappa shape index (κ2) is 7.77. The number of rotatable bonds is 6. The van der Waals surface area contributed by atoms with E-state index in [4.69, 9.17) is 4.74 Å². The summed E-state index contributed by atoms with van der Waals surface area (Å²) in [5.74, 6) is 0. The average Bonchev–Trinajstić information content (AvgIpc) is 2.53. The number of hydrogen-bond donors (Lipinski definition) is 1. The highest BCUT2D eigenvalue weighted by molar-refractivity contribution is 5.25. The van der Waals surface area contributed by atoms with Crippen molar-refractivity contribution in [3.8, 4) is 0 Å². The fourth-order valence-electron chi connectivity index (χ4n) is 2.91. The van der Waals surface area contributed by atoms with Gasteiger partial charge in [-0.1, -0.05) is 31.2 Å². The van der Waals surface area contributed by atoms with Crippen LogP contribution in [0.4, 0.5) is 0 Å². The zero-order valence-corrected chi connectivity index (χ0v) is 13.1. The lowest BCUT2D eigenvalue weighted by Crippen LogP contribution is -2.41. The Kier molecular flexibility index (Phi) is 6.02. The lowest BCUT2D eigenvalue weighted by atomic mass is 10.0. The van der Waals surface area contributed by atoms with E-state index in [2.05, 4.69) is 55.5 Å². The second-order valence-electron chi connectivity index (χ2n) is 5.72. The molecule has 1 aromatic carbocycles. The van der Waals surface area contributed by atoms with Gasteiger partial charge in [-0.25, -0.2) is 0 Å². The van der Waals surface area contributed by atoms with E-state index in [0.29, 0.717) is 12.1 Å². The van der Waals surface area contributed by atoms with Crippen molar-refractivity contribution in [2.45, 2.75) is 38.3 Å². The molecule has 0 radical (unpaired) electrons. The summed E-state index contributed by atoms with van der Waals surface area (Å²) < 4.78 is 5.45. The fraction of sp³-hybridized carbons (Fsp3) is 0.647. The van der Waals surface area contributed by atoms with Crippen LogP contribution in [-0.2, 0) is 11.2 Å². The van der Waals surface area contributed by atoms with E-state index in [1.54, 1.807) is 0 Å². The number of ether oxygens (including phenoxy) is 1. The van der Waals surface area contributed by atoms with Gasteiger partial charge >= 0.3 is 0 Å². The predicted molar refractivity (Wildman–Crippen MR) is 84.1 cm³/mol. The minimum atomic E-state index is 0.397. The number of nitrogens with zero attached hydrogens (tertiary/aromatic N) is 1. The van der Waals surface area contributed by atoms with Crippen molar-refractivity contribution in [2.75, 3.05) is 33.9 Å². The highest BCUT2D eigenvalue weighted by Gasteiger charge is 2.21. The highest BCUT2D eigenvalue weighted by Crippen LogP contribution is 2.19. The Bertz CT molecular complexity index is 384. The van der Waals surface area contributed by atoms with Gasteiger partial charge in [-0.15, -0.1) is 0 Å². The Balaban J connectivity index is 1.96. The molecule has 0 bridgehead atoms. The van der Waals surface area contributed by atoms with Gasteiger partial charge in [-0.2, -0.15) is 0 Å². The van der Waals surface area contributed by atoms with Crippen LogP contribution in [0.2, 0.25) is 0 Å². The SMILES string of the molecule is CCc1ccc(C(CN(C)C2CCOCC2)NC)cc1. The molecule has 112 valence electrons. The molecule has 1 aliphatic rings. The Morgan fingerprint density at radius 1 is 1.25 bits per heavy atom. The van der Waals surface area contributed by atoms with Gasteiger partial charge in [0.05, 0.1) is 0 Å². The topological polar surface area (TPSA) is 24.5 Å². The third-order valence-corrected chi connectivity index (χ3v) is 4.42. The minimum absolute atomic E-state index is 0.397. The van der Waals surface area contributed by atoms with E-state index >= 15 is 0 Å². The highest BCUT2D eigenvalue weighted by atomic mass is 16.5. The summed E-state index contributed by atoms with van der Waals surface area (Å²) in [5, 5.41) is 3.45. The third-order valence-electron chi connectivity index (χ3n) is 4.42. The van der Waals surface area contributed by atoms with Gasteiger partial charge < -0.3 is 15.0 Å². The van der Waals surface area contributed by atoms with E-state index in [9.17, 15) is 0 Å². The predicted octanol–water partition coefficient (Wildman–Crippen LogP) is 2.62. The van der Waals surface area contributed by atoms with Gasteiger partial charge in [-0.05, 0) is 44.5 Å². The molecule has 1 aromatic rings. The van der Waals surface area contributed by atoms with Crippen molar-refractivity contribution in [1.82, 2.24) is 10.2 Å². The Labute approximate surface area is 123 Å². The molecular formula is C17H28N2O. The van der Waals surface area contributed by atoms with Gasteiger partial charge in [-0.3, -0.25) is 0 Å². The largest absolute Gasteiger partial charge is 0.381 e. The molecule has 1 unspecified atom stereocenters. The lowest BCUT2D eigenvalue weighted by Gasteiger charge is -2.33. The van der Waals surface area contributed by atoms with Crippen molar-refractivity contribution in [3.05, 3.63) is 35.4 Å². The van der Waals surface area contributed by atoms with Gasteiger partial charge in [0.25, 0.3) is 0 Å². The molecule has 0 aliphatic carbocycles. The molecule has 0 amide bonds. The van der Waals surface area contributed by atoms with E-state index < -0.39 is 0 Å². The zero-order chi connectivity index (χ0) is 14.4. The summed E-state index contributed by atoms with van der Waals surface area (Å²) in [6.45, 7) is 5.06. The lowest BCUT2D eigenvalue weighted by molar-refractivity contribution is 0.0404. The molecule has 1 fully saturated rings. The first-order chi connectivity index (χ1) is 9.74. The van der Waals surface area contributed by atoms with E-state index in [1.807, 2.05) is 0 Å². The maximum absolute atomic E-state index is 5.45. The first-order valence-electron chi connectivity index (χ1n) is 7.78. The zero-order valence-electron chi connectivity index (χ0n) is 13.1. The number of likely N-dealkylation sites (N-methyl/N-ethyl adjacent to an activating group) is 2. The van der Waals surface area contributed by atoms with Crippen LogP contribution in [0.15, 0.2) is 24.3 Å². The molecule has 0 spiro atoms. The molecular weight excluding hydrogens is 248 g/mol. The summed E-state index contributed by atoms with van der Waals surface area (Å²) in [7, 11) is 4.29. The maximum atomic E-state index is 5.45. The summed E-state index contributed by atoms with van der Waals surface area (Å²) in [5.41, 5.74) is 2.78. The average molecular weight is 276 g/mol. The Morgan fingerprint density at radius 2 is 1.90 bits per heavy atom. The number of benzene rings is 1. The molecule has 1 aliphatic heterocycles. The number of hydrogen-bond acceptors (Lipinski definition) is 3. The normalized spacial score (nSPS) is 18.4. The van der Waals surface area contributed by atoms with Crippen LogP contribution in [0.1, 0.15) is 36.9 Å². The molecule has 20 heavy (non-hydrogen) atoms. The number of nitrogens with one attached hydrogen (secondary N) is 1. The molecule has 3 nitrogen and oxygen atoms in total. The number of aryl methyl sites for hydroxylation is 1. The summed E-state index contributed by atoms with van der Waals surface area (Å²) in [6, 6.07) is 10.1. The second-order valence-corrected chi connectivity index (χ2v) is 5.72. The molecule has 1 atom stereocenters. The van der Waals surface area contributed by atoms with Crippen LogP contribution in [-0.4, -0.2) is 44.8 Å². The van der Waals surface area contributed by atoms with Crippen LogP contribution in [0, 0.1) is 0 Å². The molecule has 0 aromatic heterocycles. The quantitative estimate of drug-likeness (QED) is 0.864. The first kappa shape index (κ1) is 15.5. The van der Waals surface area contributed by atoms with Crippen LogP contribution in [0.25, 0.3) is 0 Å². The van der Waals surface area contributed by atoms with E-state index in [1.165, 1.54) is 11.1 Å². The third kappa shape index (κ3) is 4.05. The molecule has 1 saturated heterocycles. The Hall–Kier alpha value is -0.900. The monoisotopic (exact) mass is 276 g/mol. The summed E-state index contributed by atoms with van der Waals surface area (Å²) in [6.07, 6.45) is 3.41. The minimum Gasteiger partial charge on any atom is -0.381 e. The summed E-state index contributed by atoms with van der Waals surface area (Å²) in [4.78, 5) is 2.48. The van der Waals surface area contributed by atoms with Crippen molar-refractivity contribution in [3.63, 3.8) is 0 Å². The smallest absolute Gasteiger partial charge is 0.0480 e. The van der Waals surface area contributed by atoms with Crippen molar-refractivity contribution >= 4 is 0 Å². The van der Waals surface area contributed by atoms with Gasteiger partial charge in [0, 0.05) is 31.8 Å². The van der Waals surface area contributed by atoms with Crippen molar-refractivity contribution in [1.29, 1.82) is 0 Å². The molecule has 2 rings (SSSR count). The Morgan fingerprint density at radius 3 is 2.45 bits per heavy atom. The van der Waals surface area contributed by atoms with Crippen molar-refractivity contribution in [2.24, 2.45) is 0 Å². The van der Waals surface area contributed by atoms with Gasteiger partial charge in [0.1, 0.15) is 0 Å².